The highest BCUT2D eigenvalue weighted by Gasteiger charge is 2.26. The first-order chi connectivity index (χ1) is 10.3. The van der Waals surface area contributed by atoms with Gasteiger partial charge >= 0.3 is 0 Å². The lowest BCUT2D eigenvalue weighted by atomic mass is 10.1. The maximum absolute atomic E-state index is 3.67. The second-order valence-corrected chi connectivity index (χ2v) is 7.37. The van der Waals surface area contributed by atoms with Gasteiger partial charge in [0.05, 0.1) is 0 Å². The van der Waals surface area contributed by atoms with Crippen molar-refractivity contribution in [1.82, 2.24) is 5.32 Å². The molecule has 1 saturated carbocycles. The fourth-order valence-corrected chi connectivity index (χ4v) is 3.63. The van der Waals surface area contributed by atoms with Crippen LogP contribution in [0, 0.1) is 5.92 Å². The van der Waals surface area contributed by atoms with Crippen molar-refractivity contribution in [3.05, 3.63) is 40.9 Å². The van der Waals surface area contributed by atoms with Crippen molar-refractivity contribution >= 4 is 32.4 Å². The third-order valence-corrected chi connectivity index (χ3v) is 5.20. The Morgan fingerprint density at radius 3 is 2.71 bits per heavy atom. The van der Waals surface area contributed by atoms with Gasteiger partial charge in [0.25, 0.3) is 0 Å². The van der Waals surface area contributed by atoms with Crippen LogP contribution < -0.4 is 10.2 Å². The molecule has 1 unspecified atom stereocenters. The molecule has 2 aromatic carbocycles. The van der Waals surface area contributed by atoms with Gasteiger partial charge in [0, 0.05) is 29.3 Å². The molecular formula is C18H21BrN2. The van der Waals surface area contributed by atoms with E-state index in [1.54, 1.807) is 0 Å². The number of nitrogens with one attached hydrogen (secondary N) is 1. The Balaban J connectivity index is 1.47. The van der Waals surface area contributed by atoms with Crippen LogP contribution in [0.1, 0.15) is 19.3 Å². The molecule has 1 aliphatic carbocycles. The van der Waals surface area contributed by atoms with E-state index >= 15 is 0 Å². The molecule has 0 bridgehead atoms. The predicted octanol–water partition coefficient (Wildman–Crippen LogP) is 4.18. The van der Waals surface area contributed by atoms with Gasteiger partial charge in [-0.25, -0.2) is 0 Å². The molecule has 2 aliphatic rings. The summed E-state index contributed by atoms with van der Waals surface area (Å²) >= 11 is 3.54. The number of rotatable bonds is 4. The van der Waals surface area contributed by atoms with Crippen LogP contribution >= 0.6 is 15.9 Å². The maximum Gasteiger partial charge on any atom is 0.0372 e. The molecular weight excluding hydrogens is 324 g/mol. The van der Waals surface area contributed by atoms with Gasteiger partial charge in [-0.3, -0.25) is 0 Å². The standard InChI is InChI=1S/C18H21BrN2/c19-16-3-1-15-10-18(6-2-14(15)9-16)21-8-7-13(12-21)11-20-17-4-5-17/h1-3,6,9-10,13,17,20H,4-5,7-8,11-12H2. The van der Waals surface area contributed by atoms with Crippen LogP contribution in [-0.4, -0.2) is 25.7 Å². The number of halogens is 1. The Hall–Kier alpha value is -1.06. The average molecular weight is 345 g/mol. The average Bonchev–Trinajstić information content (AvgIpc) is 3.21. The zero-order chi connectivity index (χ0) is 14.2. The molecule has 0 spiro atoms. The molecule has 2 aromatic rings. The van der Waals surface area contributed by atoms with Crippen molar-refractivity contribution in [2.75, 3.05) is 24.5 Å². The molecule has 1 N–H and O–H groups in total. The van der Waals surface area contributed by atoms with Crippen LogP contribution in [0.2, 0.25) is 0 Å². The number of fused-ring (bicyclic) bond motifs is 1. The van der Waals surface area contributed by atoms with E-state index in [1.165, 1.54) is 55.4 Å². The van der Waals surface area contributed by atoms with Crippen LogP contribution in [-0.2, 0) is 0 Å². The topological polar surface area (TPSA) is 15.3 Å². The van der Waals surface area contributed by atoms with Crippen molar-refractivity contribution in [1.29, 1.82) is 0 Å². The SMILES string of the molecule is Brc1ccc2cc(N3CCC(CNC4CC4)C3)ccc2c1. The van der Waals surface area contributed by atoms with E-state index in [0.29, 0.717) is 0 Å². The molecule has 0 radical (unpaired) electrons. The van der Waals surface area contributed by atoms with Crippen molar-refractivity contribution in [2.45, 2.75) is 25.3 Å². The first-order valence-corrected chi connectivity index (χ1v) is 8.75. The summed E-state index contributed by atoms with van der Waals surface area (Å²) in [5.74, 6) is 0.811. The monoisotopic (exact) mass is 344 g/mol. The van der Waals surface area contributed by atoms with E-state index in [0.717, 1.165) is 16.4 Å². The minimum absolute atomic E-state index is 0.811. The zero-order valence-corrected chi connectivity index (χ0v) is 13.8. The van der Waals surface area contributed by atoms with Crippen LogP contribution in [0.25, 0.3) is 10.8 Å². The Bertz CT molecular complexity index is 651. The largest absolute Gasteiger partial charge is 0.371 e. The van der Waals surface area contributed by atoms with Gasteiger partial charge in [-0.05, 0) is 66.8 Å². The molecule has 2 fully saturated rings. The summed E-state index contributed by atoms with van der Waals surface area (Å²) in [5, 5.41) is 6.31. The highest BCUT2D eigenvalue weighted by molar-refractivity contribution is 9.10. The molecule has 1 saturated heterocycles. The highest BCUT2D eigenvalue weighted by Crippen LogP contribution is 2.29. The third-order valence-electron chi connectivity index (χ3n) is 4.71. The summed E-state index contributed by atoms with van der Waals surface area (Å²) in [7, 11) is 0. The summed E-state index contributed by atoms with van der Waals surface area (Å²) in [6, 6.07) is 14.2. The van der Waals surface area contributed by atoms with Gasteiger partial charge in [0.1, 0.15) is 0 Å². The zero-order valence-electron chi connectivity index (χ0n) is 12.2. The summed E-state index contributed by atoms with van der Waals surface area (Å²) < 4.78 is 1.15. The number of nitrogens with zero attached hydrogens (tertiary/aromatic N) is 1. The molecule has 0 aromatic heterocycles. The van der Waals surface area contributed by atoms with Gasteiger partial charge in [-0.1, -0.05) is 28.1 Å². The molecule has 4 rings (SSSR count). The number of anilines is 1. The lowest BCUT2D eigenvalue weighted by Gasteiger charge is -2.19. The summed E-state index contributed by atoms with van der Waals surface area (Å²) in [5.41, 5.74) is 1.37. The second kappa shape index (κ2) is 5.62. The van der Waals surface area contributed by atoms with Crippen LogP contribution in [0.5, 0.6) is 0 Å². The molecule has 21 heavy (non-hydrogen) atoms. The summed E-state index contributed by atoms with van der Waals surface area (Å²) in [6.45, 7) is 3.59. The fraction of sp³-hybridized carbons (Fsp3) is 0.444. The Kier molecular flexibility index (Phi) is 3.64. The maximum atomic E-state index is 3.67. The molecule has 2 nitrogen and oxygen atoms in total. The van der Waals surface area contributed by atoms with Gasteiger partial charge in [-0.15, -0.1) is 0 Å². The number of hydrogen-bond acceptors (Lipinski definition) is 2. The predicted molar refractivity (Wildman–Crippen MR) is 93.0 cm³/mol. The van der Waals surface area contributed by atoms with Gasteiger partial charge in [-0.2, -0.15) is 0 Å². The van der Waals surface area contributed by atoms with Crippen molar-refractivity contribution in [2.24, 2.45) is 5.92 Å². The molecule has 1 aliphatic heterocycles. The van der Waals surface area contributed by atoms with E-state index in [4.69, 9.17) is 0 Å². The Morgan fingerprint density at radius 2 is 1.86 bits per heavy atom. The minimum Gasteiger partial charge on any atom is -0.371 e. The van der Waals surface area contributed by atoms with Crippen LogP contribution in [0.4, 0.5) is 5.69 Å². The smallest absolute Gasteiger partial charge is 0.0372 e. The van der Waals surface area contributed by atoms with Crippen LogP contribution in [0.15, 0.2) is 40.9 Å². The quantitative estimate of drug-likeness (QED) is 0.894. The lowest BCUT2D eigenvalue weighted by molar-refractivity contribution is 0.515. The molecule has 1 heterocycles. The molecule has 1 atom stereocenters. The van der Waals surface area contributed by atoms with Crippen molar-refractivity contribution in [3.8, 4) is 0 Å². The van der Waals surface area contributed by atoms with Gasteiger partial charge in [0.15, 0.2) is 0 Å². The summed E-state index contributed by atoms with van der Waals surface area (Å²) in [4.78, 5) is 2.54. The third kappa shape index (κ3) is 3.09. The highest BCUT2D eigenvalue weighted by atomic mass is 79.9. The van der Waals surface area contributed by atoms with E-state index in [-0.39, 0.29) is 0 Å². The van der Waals surface area contributed by atoms with Crippen molar-refractivity contribution in [3.63, 3.8) is 0 Å². The minimum atomic E-state index is 0.811. The van der Waals surface area contributed by atoms with E-state index in [2.05, 4.69) is 62.5 Å². The number of hydrogen-bond donors (Lipinski definition) is 1. The van der Waals surface area contributed by atoms with Crippen LogP contribution in [0.3, 0.4) is 0 Å². The number of benzene rings is 2. The first kappa shape index (κ1) is 13.6. The van der Waals surface area contributed by atoms with E-state index < -0.39 is 0 Å². The van der Waals surface area contributed by atoms with E-state index in [9.17, 15) is 0 Å². The molecule has 0 amide bonds. The summed E-state index contributed by atoms with van der Waals surface area (Å²) in [6.07, 6.45) is 4.09. The molecule has 110 valence electrons. The normalized spacial score (nSPS) is 22.1. The fourth-order valence-electron chi connectivity index (χ4n) is 3.26. The van der Waals surface area contributed by atoms with Gasteiger partial charge < -0.3 is 10.2 Å². The van der Waals surface area contributed by atoms with Crippen molar-refractivity contribution < 1.29 is 0 Å². The molecule has 3 heteroatoms. The lowest BCUT2D eigenvalue weighted by Crippen LogP contribution is -2.27. The van der Waals surface area contributed by atoms with E-state index in [1.807, 2.05) is 0 Å². The Morgan fingerprint density at radius 1 is 1.05 bits per heavy atom. The first-order valence-electron chi connectivity index (χ1n) is 7.95. The van der Waals surface area contributed by atoms with Gasteiger partial charge in [0.2, 0.25) is 0 Å². The second-order valence-electron chi connectivity index (χ2n) is 6.46. The Labute approximate surface area is 134 Å².